The summed E-state index contributed by atoms with van der Waals surface area (Å²) in [5.74, 6) is -0.0481. The van der Waals surface area contributed by atoms with Gasteiger partial charge in [0.25, 0.3) is 5.91 Å². The normalized spacial score (nSPS) is 24.1. The van der Waals surface area contributed by atoms with Crippen molar-refractivity contribution in [2.45, 2.75) is 25.9 Å². The van der Waals surface area contributed by atoms with Crippen molar-refractivity contribution in [3.8, 4) is 5.75 Å². The molecule has 4 nitrogen and oxygen atoms in total. The number of rotatable bonds is 1. The molecular weight excluding hydrogens is 252 g/mol. The first-order chi connectivity index (χ1) is 8.50. The molecule has 1 fully saturated rings. The maximum absolute atomic E-state index is 12.4. The predicted octanol–water partition coefficient (Wildman–Crippen LogP) is 1.87. The molecule has 1 amide bonds. The Balaban J connectivity index is 2.26. The van der Waals surface area contributed by atoms with E-state index in [1.807, 2.05) is 18.7 Å². The summed E-state index contributed by atoms with van der Waals surface area (Å²) in [6.45, 7) is 5.62. The van der Waals surface area contributed by atoms with Gasteiger partial charge in [-0.15, -0.1) is 0 Å². The maximum atomic E-state index is 12.4. The van der Waals surface area contributed by atoms with E-state index in [9.17, 15) is 9.90 Å². The number of aromatic hydroxyl groups is 1. The highest BCUT2D eigenvalue weighted by Crippen LogP contribution is 2.25. The summed E-state index contributed by atoms with van der Waals surface area (Å²) >= 11 is 5.84. The molecule has 0 aromatic heterocycles. The van der Waals surface area contributed by atoms with Gasteiger partial charge in [0.15, 0.2) is 0 Å². The predicted molar refractivity (Wildman–Crippen MR) is 71.1 cm³/mol. The molecule has 0 spiro atoms. The van der Waals surface area contributed by atoms with Crippen molar-refractivity contribution in [2.75, 3.05) is 13.1 Å². The number of amides is 1. The van der Waals surface area contributed by atoms with Crippen LogP contribution in [0.15, 0.2) is 18.2 Å². The van der Waals surface area contributed by atoms with Crippen LogP contribution in [0.25, 0.3) is 0 Å². The fourth-order valence-electron chi connectivity index (χ4n) is 2.32. The van der Waals surface area contributed by atoms with Crippen molar-refractivity contribution in [1.82, 2.24) is 10.2 Å². The summed E-state index contributed by atoms with van der Waals surface area (Å²) in [7, 11) is 0. The number of phenolic OH excluding ortho intramolecular Hbond substituents is 1. The highest BCUT2D eigenvalue weighted by atomic mass is 35.5. The molecule has 1 aromatic rings. The van der Waals surface area contributed by atoms with Gasteiger partial charge in [-0.05, 0) is 32.0 Å². The van der Waals surface area contributed by atoms with E-state index < -0.39 is 0 Å². The third-order valence-corrected chi connectivity index (χ3v) is 3.56. The van der Waals surface area contributed by atoms with Gasteiger partial charge in [0.05, 0.1) is 5.02 Å². The molecule has 2 atom stereocenters. The van der Waals surface area contributed by atoms with Crippen molar-refractivity contribution in [3.05, 3.63) is 28.8 Å². The second-order valence-electron chi connectivity index (χ2n) is 4.73. The largest absolute Gasteiger partial charge is 0.506 e. The standard InChI is InChI=1S/C13H17ClN2O2/c1-8-6-15-7-9(2)16(8)13(18)10-3-4-12(17)11(14)5-10/h3-5,8-9,15,17H,6-7H2,1-2H3. The molecule has 1 heterocycles. The summed E-state index contributed by atoms with van der Waals surface area (Å²) < 4.78 is 0. The van der Waals surface area contributed by atoms with Crippen molar-refractivity contribution >= 4 is 17.5 Å². The molecule has 1 saturated heterocycles. The molecule has 0 aliphatic carbocycles. The van der Waals surface area contributed by atoms with Crippen LogP contribution in [0.3, 0.4) is 0 Å². The third-order valence-electron chi connectivity index (χ3n) is 3.26. The Kier molecular flexibility index (Phi) is 3.78. The van der Waals surface area contributed by atoms with Crippen molar-refractivity contribution in [2.24, 2.45) is 0 Å². The summed E-state index contributed by atoms with van der Waals surface area (Å²) in [4.78, 5) is 14.3. The highest BCUT2D eigenvalue weighted by Gasteiger charge is 2.29. The number of benzene rings is 1. The van der Waals surface area contributed by atoms with Gasteiger partial charge in [-0.2, -0.15) is 0 Å². The molecule has 1 aromatic carbocycles. The third kappa shape index (κ3) is 2.44. The maximum Gasteiger partial charge on any atom is 0.254 e. The van der Waals surface area contributed by atoms with E-state index in [4.69, 9.17) is 11.6 Å². The number of nitrogens with one attached hydrogen (secondary N) is 1. The quantitative estimate of drug-likeness (QED) is 0.818. The first-order valence-corrected chi connectivity index (χ1v) is 6.40. The first-order valence-electron chi connectivity index (χ1n) is 6.02. The van der Waals surface area contributed by atoms with Gasteiger partial charge in [-0.3, -0.25) is 4.79 Å². The highest BCUT2D eigenvalue weighted by molar-refractivity contribution is 6.32. The van der Waals surface area contributed by atoms with Crippen LogP contribution in [0, 0.1) is 0 Å². The number of carbonyl (C=O) groups excluding carboxylic acids is 1. The average Bonchev–Trinajstić information content (AvgIpc) is 2.32. The van der Waals surface area contributed by atoms with Crippen LogP contribution < -0.4 is 5.32 Å². The second kappa shape index (κ2) is 5.16. The van der Waals surface area contributed by atoms with Crippen LogP contribution in [0.5, 0.6) is 5.75 Å². The van der Waals surface area contributed by atoms with Gasteiger partial charge in [-0.25, -0.2) is 0 Å². The van der Waals surface area contributed by atoms with E-state index in [2.05, 4.69) is 5.32 Å². The Morgan fingerprint density at radius 3 is 2.56 bits per heavy atom. The zero-order valence-corrected chi connectivity index (χ0v) is 11.2. The summed E-state index contributed by atoms with van der Waals surface area (Å²) in [5, 5.41) is 12.9. The van der Waals surface area contributed by atoms with Gasteiger partial charge < -0.3 is 15.3 Å². The van der Waals surface area contributed by atoms with Gasteiger partial charge in [0.2, 0.25) is 0 Å². The van der Waals surface area contributed by atoms with Gasteiger partial charge >= 0.3 is 0 Å². The molecule has 0 saturated carbocycles. The van der Waals surface area contributed by atoms with E-state index in [0.717, 1.165) is 13.1 Å². The number of phenols is 1. The lowest BCUT2D eigenvalue weighted by Gasteiger charge is -2.39. The molecule has 1 aliphatic rings. The number of hydrogen-bond donors (Lipinski definition) is 2. The van der Waals surface area contributed by atoms with Gasteiger partial charge in [0.1, 0.15) is 5.75 Å². The van der Waals surface area contributed by atoms with E-state index in [1.165, 1.54) is 12.1 Å². The van der Waals surface area contributed by atoms with Crippen LogP contribution in [-0.2, 0) is 0 Å². The van der Waals surface area contributed by atoms with E-state index in [0.29, 0.717) is 5.56 Å². The van der Waals surface area contributed by atoms with Gasteiger partial charge in [0, 0.05) is 30.7 Å². The molecule has 0 radical (unpaired) electrons. The van der Waals surface area contributed by atoms with Crippen molar-refractivity contribution < 1.29 is 9.90 Å². The molecule has 1 aliphatic heterocycles. The minimum Gasteiger partial charge on any atom is -0.506 e. The SMILES string of the molecule is CC1CNCC(C)N1C(=O)c1ccc(O)c(Cl)c1. The summed E-state index contributed by atoms with van der Waals surface area (Å²) in [6.07, 6.45) is 0. The van der Waals surface area contributed by atoms with E-state index >= 15 is 0 Å². The van der Waals surface area contributed by atoms with Crippen LogP contribution >= 0.6 is 11.6 Å². The van der Waals surface area contributed by atoms with Crippen LogP contribution in [0.4, 0.5) is 0 Å². The Labute approximate surface area is 112 Å². The van der Waals surface area contributed by atoms with Crippen LogP contribution in [-0.4, -0.2) is 41.1 Å². The molecule has 2 unspecified atom stereocenters. The van der Waals surface area contributed by atoms with Gasteiger partial charge in [-0.1, -0.05) is 11.6 Å². The fourth-order valence-corrected chi connectivity index (χ4v) is 2.50. The fraction of sp³-hybridized carbons (Fsp3) is 0.462. The summed E-state index contributed by atoms with van der Waals surface area (Å²) in [6, 6.07) is 4.86. The Morgan fingerprint density at radius 1 is 1.39 bits per heavy atom. The minimum absolute atomic E-state index is 0.00498. The lowest BCUT2D eigenvalue weighted by atomic mass is 10.1. The van der Waals surface area contributed by atoms with Crippen LogP contribution in [0.1, 0.15) is 24.2 Å². The smallest absolute Gasteiger partial charge is 0.254 e. The monoisotopic (exact) mass is 268 g/mol. The zero-order chi connectivity index (χ0) is 13.3. The molecular formula is C13H17ClN2O2. The molecule has 98 valence electrons. The lowest BCUT2D eigenvalue weighted by molar-refractivity contribution is 0.0544. The first kappa shape index (κ1) is 13.2. The second-order valence-corrected chi connectivity index (χ2v) is 5.14. The van der Waals surface area contributed by atoms with Crippen molar-refractivity contribution in [1.29, 1.82) is 0 Å². The average molecular weight is 269 g/mol. The number of nitrogens with zero attached hydrogens (tertiary/aromatic N) is 1. The number of piperazine rings is 1. The van der Waals surface area contributed by atoms with E-state index in [-0.39, 0.29) is 28.8 Å². The number of carbonyl (C=O) groups is 1. The minimum atomic E-state index is -0.0431. The zero-order valence-electron chi connectivity index (χ0n) is 10.5. The van der Waals surface area contributed by atoms with E-state index in [1.54, 1.807) is 6.07 Å². The number of hydrogen-bond acceptors (Lipinski definition) is 3. The Morgan fingerprint density at radius 2 is 2.00 bits per heavy atom. The van der Waals surface area contributed by atoms with Crippen molar-refractivity contribution in [3.63, 3.8) is 0 Å². The topological polar surface area (TPSA) is 52.6 Å². The Hall–Kier alpha value is -1.26. The van der Waals surface area contributed by atoms with Crippen LogP contribution in [0.2, 0.25) is 5.02 Å². The Bertz CT molecular complexity index is 454. The lowest BCUT2D eigenvalue weighted by Crippen LogP contribution is -2.57. The molecule has 0 bridgehead atoms. The molecule has 5 heteroatoms. The molecule has 2 N–H and O–H groups in total. The summed E-state index contributed by atoms with van der Waals surface area (Å²) in [5.41, 5.74) is 0.512. The molecule has 18 heavy (non-hydrogen) atoms. The number of halogens is 1. The molecule has 2 rings (SSSR count).